The number of aromatic nitrogens is 1. The topological polar surface area (TPSA) is 57.4 Å². The molecule has 0 atom stereocenters. The second-order valence-electron chi connectivity index (χ2n) is 4.67. The zero-order valence-corrected chi connectivity index (χ0v) is 13.4. The van der Waals surface area contributed by atoms with E-state index in [4.69, 9.17) is 15.2 Å². The van der Waals surface area contributed by atoms with Crippen LogP contribution in [0.1, 0.15) is 28.1 Å². The van der Waals surface area contributed by atoms with Crippen molar-refractivity contribution in [3.8, 4) is 5.75 Å². The van der Waals surface area contributed by atoms with E-state index in [1.807, 2.05) is 18.2 Å². The largest absolute Gasteiger partial charge is 0.493 e. The average Bonchev–Trinajstić information content (AvgIpc) is 2.90. The van der Waals surface area contributed by atoms with Crippen molar-refractivity contribution in [1.29, 1.82) is 0 Å². The highest BCUT2D eigenvalue weighted by atomic mass is 32.1. The van der Waals surface area contributed by atoms with Crippen LogP contribution in [0.5, 0.6) is 5.75 Å². The maximum Gasteiger partial charge on any atom is 0.122 e. The SMILES string of the molecule is CCc1ccccc1OCCc1nc(COC)c(CN)s1. The maximum atomic E-state index is 5.88. The molecule has 0 aliphatic carbocycles. The van der Waals surface area contributed by atoms with Crippen molar-refractivity contribution in [3.05, 3.63) is 45.4 Å². The molecule has 21 heavy (non-hydrogen) atoms. The number of hydrogen-bond donors (Lipinski definition) is 1. The Morgan fingerprint density at radius 3 is 2.81 bits per heavy atom. The number of rotatable bonds is 8. The molecule has 0 fully saturated rings. The minimum Gasteiger partial charge on any atom is -0.493 e. The fraction of sp³-hybridized carbons (Fsp3) is 0.438. The van der Waals surface area contributed by atoms with Crippen molar-refractivity contribution in [1.82, 2.24) is 4.98 Å². The molecule has 0 aliphatic heterocycles. The third-order valence-electron chi connectivity index (χ3n) is 3.22. The molecule has 0 amide bonds. The van der Waals surface area contributed by atoms with Crippen LogP contribution in [0.15, 0.2) is 24.3 Å². The van der Waals surface area contributed by atoms with Gasteiger partial charge in [0, 0.05) is 25.0 Å². The highest BCUT2D eigenvalue weighted by Crippen LogP contribution is 2.21. The summed E-state index contributed by atoms with van der Waals surface area (Å²) in [5, 5.41) is 1.05. The number of ether oxygens (including phenoxy) is 2. The number of nitrogens with zero attached hydrogens (tertiary/aromatic N) is 1. The van der Waals surface area contributed by atoms with Gasteiger partial charge in [-0.3, -0.25) is 0 Å². The predicted octanol–water partition coefficient (Wildman–Crippen LogP) is 2.93. The fourth-order valence-corrected chi connectivity index (χ4v) is 3.07. The van der Waals surface area contributed by atoms with Crippen molar-refractivity contribution in [2.24, 2.45) is 5.73 Å². The molecule has 0 saturated carbocycles. The minimum absolute atomic E-state index is 0.510. The summed E-state index contributed by atoms with van der Waals surface area (Å²) in [5.41, 5.74) is 7.92. The summed E-state index contributed by atoms with van der Waals surface area (Å²) >= 11 is 1.65. The smallest absolute Gasteiger partial charge is 0.122 e. The zero-order chi connectivity index (χ0) is 15.1. The van der Waals surface area contributed by atoms with Gasteiger partial charge in [0.15, 0.2) is 0 Å². The molecule has 2 rings (SSSR count). The van der Waals surface area contributed by atoms with Crippen LogP contribution in [0.2, 0.25) is 0 Å². The van der Waals surface area contributed by atoms with Crippen LogP contribution in [0.25, 0.3) is 0 Å². The molecule has 1 aromatic carbocycles. The number of hydrogen-bond acceptors (Lipinski definition) is 5. The van der Waals surface area contributed by atoms with Crippen LogP contribution in [0, 0.1) is 0 Å². The summed E-state index contributed by atoms with van der Waals surface area (Å²) in [7, 11) is 1.67. The molecular weight excluding hydrogens is 284 g/mol. The highest BCUT2D eigenvalue weighted by Gasteiger charge is 2.10. The van der Waals surface area contributed by atoms with E-state index in [-0.39, 0.29) is 0 Å². The summed E-state index contributed by atoms with van der Waals surface area (Å²) in [5.74, 6) is 0.965. The Balaban J connectivity index is 1.94. The van der Waals surface area contributed by atoms with Crippen LogP contribution in [0.3, 0.4) is 0 Å². The van der Waals surface area contributed by atoms with E-state index < -0.39 is 0 Å². The molecule has 4 nitrogen and oxygen atoms in total. The Labute approximate surface area is 129 Å². The number of nitrogens with two attached hydrogens (primary N) is 1. The molecule has 114 valence electrons. The third-order valence-corrected chi connectivity index (χ3v) is 4.40. The van der Waals surface area contributed by atoms with Crippen molar-refractivity contribution in [3.63, 3.8) is 0 Å². The third kappa shape index (κ3) is 4.27. The van der Waals surface area contributed by atoms with Gasteiger partial charge in [-0.15, -0.1) is 11.3 Å². The molecule has 0 aliphatic rings. The monoisotopic (exact) mass is 306 g/mol. The molecule has 0 unspecified atom stereocenters. The van der Waals surface area contributed by atoms with E-state index in [2.05, 4.69) is 18.0 Å². The molecule has 0 spiro atoms. The van der Waals surface area contributed by atoms with Gasteiger partial charge in [0.25, 0.3) is 0 Å². The summed E-state index contributed by atoms with van der Waals surface area (Å²) in [6, 6.07) is 8.16. The average molecular weight is 306 g/mol. The van der Waals surface area contributed by atoms with Gasteiger partial charge < -0.3 is 15.2 Å². The fourth-order valence-electron chi connectivity index (χ4n) is 2.14. The van der Waals surface area contributed by atoms with Crippen LogP contribution in [-0.2, 0) is 30.7 Å². The minimum atomic E-state index is 0.510. The van der Waals surface area contributed by atoms with Crippen LogP contribution < -0.4 is 10.5 Å². The number of methoxy groups -OCH3 is 1. The Morgan fingerprint density at radius 2 is 2.10 bits per heavy atom. The number of para-hydroxylation sites is 1. The number of thiazole rings is 1. The predicted molar refractivity (Wildman–Crippen MR) is 85.7 cm³/mol. The lowest BCUT2D eigenvalue weighted by Gasteiger charge is -2.09. The lowest BCUT2D eigenvalue weighted by Crippen LogP contribution is -2.03. The van der Waals surface area contributed by atoms with Crippen molar-refractivity contribution in [2.45, 2.75) is 32.9 Å². The quantitative estimate of drug-likeness (QED) is 0.814. The lowest BCUT2D eigenvalue weighted by atomic mass is 10.1. The van der Waals surface area contributed by atoms with Crippen molar-refractivity contribution >= 4 is 11.3 Å². The Kier molecular flexibility index (Phi) is 6.17. The van der Waals surface area contributed by atoms with E-state index >= 15 is 0 Å². The van der Waals surface area contributed by atoms with E-state index in [0.29, 0.717) is 19.8 Å². The Morgan fingerprint density at radius 1 is 1.29 bits per heavy atom. The van der Waals surface area contributed by atoms with Gasteiger partial charge in [0.05, 0.1) is 23.9 Å². The van der Waals surface area contributed by atoms with Crippen LogP contribution in [-0.4, -0.2) is 18.7 Å². The van der Waals surface area contributed by atoms with E-state index in [1.54, 1.807) is 18.4 Å². The van der Waals surface area contributed by atoms with Gasteiger partial charge in [-0.05, 0) is 18.1 Å². The normalized spacial score (nSPS) is 10.8. The zero-order valence-electron chi connectivity index (χ0n) is 12.6. The molecule has 5 heteroatoms. The second kappa shape index (κ2) is 8.12. The summed E-state index contributed by atoms with van der Waals surface area (Å²) in [4.78, 5) is 5.68. The number of benzene rings is 1. The van der Waals surface area contributed by atoms with Gasteiger partial charge in [0.2, 0.25) is 0 Å². The van der Waals surface area contributed by atoms with Crippen LogP contribution >= 0.6 is 11.3 Å². The number of aryl methyl sites for hydroxylation is 1. The van der Waals surface area contributed by atoms with Gasteiger partial charge in [-0.2, -0.15) is 0 Å². The highest BCUT2D eigenvalue weighted by molar-refractivity contribution is 7.11. The van der Waals surface area contributed by atoms with Gasteiger partial charge in [-0.1, -0.05) is 25.1 Å². The first-order chi connectivity index (χ1) is 10.3. The van der Waals surface area contributed by atoms with Gasteiger partial charge >= 0.3 is 0 Å². The molecule has 0 radical (unpaired) electrons. The van der Waals surface area contributed by atoms with Gasteiger partial charge in [0.1, 0.15) is 5.75 Å². The standard InChI is InChI=1S/C16H22N2O2S/c1-3-12-6-4-5-7-14(12)20-9-8-16-18-13(11-19-2)15(10-17)21-16/h4-7H,3,8-11,17H2,1-2H3. The maximum absolute atomic E-state index is 5.88. The van der Waals surface area contributed by atoms with E-state index in [1.165, 1.54) is 5.56 Å². The molecule has 1 aromatic heterocycles. The molecule has 1 heterocycles. The first-order valence-electron chi connectivity index (χ1n) is 7.15. The van der Waals surface area contributed by atoms with Crippen molar-refractivity contribution < 1.29 is 9.47 Å². The lowest BCUT2D eigenvalue weighted by molar-refractivity contribution is 0.181. The molecule has 0 bridgehead atoms. The first kappa shape index (κ1) is 15.9. The first-order valence-corrected chi connectivity index (χ1v) is 7.97. The van der Waals surface area contributed by atoms with Gasteiger partial charge in [-0.25, -0.2) is 4.98 Å². The summed E-state index contributed by atoms with van der Waals surface area (Å²) < 4.78 is 11.0. The second-order valence-corrected chi connectivity index (χ2v) is 5.84. The Hall–Kier alpha value is -1.43. The van der Waals surface area contributed by atoms with E-state index in [0.717, 1.165) is 34.2 Å². The Bertz CT molecular complexity index is 569. The molecule has 0 saturated heterocycles. The van der Waals surface area contributed by atoms with Crippen LogP contribution in [0.4, 0.5) is 0 Å². The van der Waals surface area contributed by atoms with E-state index in [9.17, 15) is 0 Å². The molecule has 2 aromatic rings. The molecule has 2 N–H and O–H groups in total. The summed E-state index contributed by atoms with van der Waals surface area (Å²) in [6.45, 7) is 3.78. The molecular formula is C16H22N2O2S. The summed E-state index contributed by atoms with van der Waals surface area (Å²) in [6.07, 6.45) is 1.77. The van der Waals surface area contributed by atoms with Crippen molar-refractivity contribution in [2.75, 3.05) is 13.7 Å².